The van der Waals surface area contributed by atoms with Gasteiger partial charge in [0.15, 0.2) is 5.96 Å². The summed E-state index contributed by atoms with van der Waals surface area (Å²) in [6.07, 6.45) is -0.696. The Labute approximate surface area is 173 Å². The van der Waals surface area contributed by atoms with Crippen molar-refractivity contribution in [2.75, 3.05) is 20.1 Å². The third-order valence-corrected chi connectivity index (χ3v) is 4.67. The molecule has 0 amide bonds. The Morgan fingerprint density at radius 3 is 2.76 bits per heavy atom. The molecule has 0 aliphatic heterocycles. The molecule has 138 valence electrons. The number of aliphatic hydroxyl groups excluding tert-OH is 1. The Balaban J connectivity index is 0.00000312. The van der Waals surface area contributed by atoms with Gasteiger partial charge in [0.2, 0.25) is 0 Å². The number of benzene rings is 1. The molecule has 1 aromatic carbocycles. The van der Waals surface area contributed by atoms with Crippen LogP contribution in [0, 0.1) is 5.82 Å². The SMILES string of the molecule is CCNC(=NCC(O)c1ccc(Cl)s1)N(C)Cc1cccc(F)c1.I. The summed E-state index contributed by atoms with van der Waals surface area (Å²) in [5, 5.41) is 13.4. The molecule has 0 saturated carbocycles. The standard InChI is InChI=1S/C17H21ClFN3OS.HI/c1-3-20-17(21-10-14(23)15-7-8-16(18)24-15)22(2)11-12-5-4-6-13(19)9-12;/h4-9,14,23H,3,10-11H2,1-2H3,(H,20,21);1H. The van der Waals surface area contributed by atoms with Crippen molar-refractivity contribution in [3.05, 3.63) is 57.0 Å². The van der Waals surface area contributed by atoms with E-state index in [9.17, 15) is 9.50 Å². The summed E-state index contributed by atoms with van der Waals surface area (Å²) in [5.74, 6) is 0.399. The van der Waals surface area contributed by atoms with Gasteiger partial charge in [0, 0.05) is 25.0 Å². The van der Waals surface area contributed by atoms with Crippen molar-refractivity contribution < 1.29 is 9.50 Å². The summed E-state index contributed by atoms with van der Waals surface area (Å²) in [5.41, 5.74) is 0.855. The largest absolute Gasteiger partial charge is 0.386 e. The van der Waals surface area contributed by atoms with Gasteiger partial charge in [-0.2, -0.15) is 0 Å². The Bertz CT molecular complexity index is 698. The summed E-state index contributed by atoms with van der Waals surface area (Å²) < 4.78 is 13.9. The van der Waals surface area contributed by atoms with E-state index in [0.29, 0.717) is 23.4 Å². The monoisotopic (exact) mass is 497 g/mol. The zero-order chi connectivity index (χ0) is 17.5. The van der Waals surface area contributed by atoms with Crippen molar-refractivity contribution in [2.24, 2.45) is 4.99 Å². The van der Waals surface area contributed by atoms with Crippen LogP contribution in [0.3, 0.4) is 0 Å². The fraction of sp³-hybridized carbons (Fsp3) is 0.353. The molecule has 0 saturated heterocycles. The molecule has 2 N–H and O–H groups in total. The molecule has 2 aromatic rings. The number of nitrogens with one attached hydrogen (secondary N) is 1. The van der Waals surface area contributed by atoms with Gasteiger partial charge in [0.1, 0.15) is 11.9 Å². The number of nitrogens with zero attached hydrogens (tertiary/aromatic N) is 2. The average Bonchev–Trinajstić information content (AvgIpc) is 2.97. The predicted molar refractivity (Wildman–Crippen MR) is 114 cm³/mol. The number of hydrogen-bond donors (Lipinski definition) is 2. The fourth-order valence-electron chi connectivity index (χ4n) is 2.22. The molecule has 0 bridgehead atoms. The third-order valence-electron chi connectivity index (χ3n) is 3.34. The lowest BCUT2D eigenvalue weighted by Crippen LogP contribution is -2.38. The molecule has 1 aromatic heterocycles. The van der Waals surface area contributed by atoms with Crippen molar-refractivity contribution in [3.63, 3.8) is 0 Å². The Morgan fingerprint density at radius 2 is 2.16 bits per heavy atom. The van der Waals surface area contributed by atoms with E-state index in [1.54, 1.807) is 18.2 Å². The van der Waals surface area contributed by atoms with Gasteiger partial charge in [0.25, 0.3) is 0 Å². The lowest BCUT2D eigenvalue weighted by molar-refractivity contribution is 0.190. The molecule has 2 rings (SSSR count). The Morgan fingerprint density at radius 1 is 1.40 bits per heavy atom. The molecular formula is C17H22ClFIN3OS. The summed E-state index contributed by atoms with van der Waals surface area (Å²) in [4.78, 5) is 7.15. The van der Waals surface area contributed by atoms with Gasteiger partial charge in [-0.25, -0.2) is 4.39 Å². The van der Waals surface area contributed by atoms with Gasteiger partial charge in [-0.15, -0.1) is 35.3 Å². The number of halogens is 3. The molecule has 0 aliphatic carbocycles. The lowest BCUT2D eigenvalue weighted by atomic mass is 10.2. The van der Waals surface area contributed by atoms with Gasteiger partial charge >= 0.3 is 0 Å². The Kier molecular flexibility index (Phi) is 9.70. The van der Waals surface area contributed by atoms with Gasteiger partial charge in [-0.05, 0) is 36.8 Å². The van der Waals surface area contributed by atoms with E-state index in [2.05, 4.69) is 10.3 Å². The zero-order valence-corrected chi connectivity index (χ0v) is 18.0. The van der Waals surface area contributed by atoms with Crippen LogP contribution in [0.2, 0.25) is 4.34 Å². The van der Waals surface area contributed by atoms with Crippen LogP contribution in [-0.4, -0.2) is 36.1 Å². The van der Waals surface area contributed by atoms with E-state index in [-0.39, 0.29) is 36.3 Å². The maximum Gasteiger partial charge on any atom is 0.194 e. The molecule has 1 atom stereocenters. The third kappa shape index (κ3) is 7.08. The number of aliphatic hydroxyl groups is 1. The number of thiophene rings is 1. The van der Waals surface area contributed by atoms with Crippen molar-refractivity contribution >= 4 is 52.9 Å². The van der Waals surface area contributed by atoms with Crippen LogP contribution in [0.1, 0.15) is 23.5 Å². The first-order valence-corrected chi connectivity index (χ1v) is 8.86. The maximum atomic E-state index is 13.3. The highest BCUT2D eigenvalue weighted by Crippen LogP contribution is 2.27. The zero-order valence-electron chi connectivity index (χ0n) is 14.1. The molecule has 25 heavy (non-hydrogen) atoms. The quantitative estimate of drug-likeness (QED) is 0.356. The minimum Gasteiger partial charge on any atom is -0.386 e. The normalized spacial score (nSPS) is 12.4. The minimum absolute atomic E-state index is 0. The van der Waals surface area contributed by atoms with Crippen molar-refractivity contribution in [3.8, 4) is 0 Å². The fourth-order valence-corrected chi connectivity index (χ4v) is 3.26. The van der Waals surface area contributed by atoms with Gasteiger partial charge in [-0.1, -0.05) is 23.7 Å². The summed E-state index contributed by atoms with van der Waals surface area (Å²) in [6.45, 7) is 3.42. The average molecular weight is 498 g/mol. The van der Waals surface area contributed by atoms with Crippen molar-refractivity contribution in [2.45, 2.75) is 19.6 Å². The van der Waals surface area contributed by atoms with Gasteiger partial charge in [0.05, 0.1) is 10.9 Å². The first-order chi connectivity index (χ1) is 11.5. The summed E-state index contributed by atoms with van der Waals surface area (Å²) in [7, 11) is 1.88. The van der Waals surface area contributed by atoms with Crippen molar-refractivity contribution in [1.29, 1.82) is 0 Å². The molecule has 0 fully saturated rings. The molecular weight excluding hydrogens is 476 g/mol. The molecule has 4 nitrogen and oxygen atoms in total. The predicted octanol–water partition coefficient (Wildman–Crippen LogP) is 4.29. The molecule has 1 heterocycles. The lowest BCUT2D eigenvalue weighted by Gasteiger charge is -2.22. The summed E-state index contributed by atoms with van der Waals surface area (Å²) >= 11 is 7.23. The number of guanidine groups is 1. The van der Waals surface area contributed by atoms with Crippen LogP contribution in [0.5, 0.6) is 0 Å². The van der Waals surface area contributed by atoms with Crippen molar-refractivity contribution in [1.82, 2.24) is 10.2 Å². The summed E-state index contributed by atoms with van der Waals surface area (Å²) in [6, 6.07) is 10.0. The van der Waals surface area contributed by atoms with E-state index in [4.69, 9.17) is 11.6 Å². The second-order valence-corrected chi connectivity index (χ2v) is 7.08. The van der Waals surface area contributed by atoms with E-state index in [1.165, 1.54) is 23.5 Å². The van der Waals surface area contributed by atoms with E-state index < -0.39 is 6.10 Å². The van der Waals surface area contributed by atoms with Crippen LogP contribution in [0.4, 0.5) is 4.39 Å². The van der Waals surface area contributed by atoms with E-state index >= 15 is 0 Å². The van der Waals surface area contributed by atoms with Crippen LogP contribution in [0.25, 0.3) is 0 Å². The van der Waals surface area contributed by atoms with E-state index in [1.807, 2.05) is 24.9 Å². The number of aliphatic imine (C=N–C) groups is 1. The molecule has 0 aliphatic rings. The second-order valence-electron chi connectivity index (χ2n) is 5.34. The maximum absolute atomic E-state index is 13.3. The van der Waals surface area contributed by atoms with Crippen LogP contribution < -0.4 is 5.32 Å². The molecule has 8 heteroatoms. The number of hydrogen-bond acceptors (Lipinski definition) is 3. The first-order valence-electron chi connectivity index (χ1n) is 7.66. The number of rotatable bonds is 6. The first kappa shape index (κ1) is 22.1. The highest BCUT2D eigenvalue weighted by atomic mass is 127. The highest BCUT2D eigenvalue weighted by molar-refractivity contribution is 14.0. The highest BCUT2D eigenvalue weighted by Gasteiger charge is 2.12. The van der Waals surface area contributed by atoms with E-state index in [0.717, 1.165) is 10.4 Å². The Hall–Kier alpha value is -0.900. The van der Waals surface area contributed by atoms with Crippen LogP contribution >= 0.6 is 46.9 Å². The van der Waals surface area contributed by atoms with Crippen LogP contribution in [0.15, 0.2) is 41.4 Å². The molecule has 1 unspecified atom stereocenters. The minimum atomic E-state index is -0.696. The van der Waals surface area contributed by atoms with Gasteiger partial charge in [-0.3, -0.25) is 4.99 Å². The smallest absolute Gasteiger partial charge is 0.194 e. The topological polar surface area (TPSA) is 47.9 Å². The molecule has 0 radical (unpaired) electrons. The molecule has 0 spiro atoms. The van der Waals surface area contributed by atoms with Gasteiger partial charge < -0.3 is 15.3 Å². The second kappa shape index (κ2) is 10.9. The van der Waals surface area contributed by atoms with Crippen LogP contribution in [-0.2, 0) is 6.54 Å².